The third-order valence-corrected chi connectivity index (χ3v) is 10.5. The van der Waals surface area contributed by atoms with Crippen LogP contribution in [0.3, 0.4) is 0 Å². The van der Waals surface area contributed by atoms with Crippen molar-refractivity contribution in [2.24, 2.45) is 4.99 Å². The molecule has 0 aliphatic carbocycles. The number of aryl methyl sites for hydroxylation is 1. The normalized spacial score (nSPS) is 21.8. The molecule has 3 heterocycles. The fourth-order valence-corrected chi connectivity index (χ4v) is 7.71. The lowest BCUT2D eigenvalue weighted by atomic mass is 10.1. The average Bonchev–Trinajstić information content (AvgIpc) is 2.81. The number of likely N-dealkylation sites (N-methyl/N-ethyl adjacent to an activating group) is 2. The van der Waals surface area contributed by atoms with Crippen LogP contribution in [0.5, 0.6) is 0 Å². The molecule has 172 valence electrons. The number of rotatable bonds is 4. The first-order valence-electron chi connectivity index (χ1n) is 11.8. The van der Waals surface area contributed by atoms with Gasteiger partial charge in [-0.15, -0.1) is 0 Å². The van der Waals surface area contributed by atoms with E-state index in [0.29, 0.717) is 0 Å². The maximum atomic E-state index is 5.20. The highest BCUT2D eigenvalue weighted by Gasteiger charge is 2.21. The van der Waals surface area contributed by atoms with Crippen molar-refractivity contribution in [2.45, 2.75) is 24.7 Å². The van der Waals surface area contributed by atoms with Gasteiger partial charge in [0.05, 0.1) is 11.0 Å². The molecular formula is C25H34BrN5S. The minimum Gasteiger partial charge on any atom is -0.369 e. The summed E-state index contributed by atoms with van der Waals surface area (Å²) in [6, 6.07) is 11.7. The van der Waals surface area contributed by atoms with Crippen LogP contribution in [0.1, 0.15) is 18.9 Å². The maximum absolute atomic E-state index is 5.20. The Labute approximate surface area is 201 Å². The highest BCUT2D eigenvalue weighted by Crippen LogP contribution is 2.48. The molecule has 5 nitrogen and oxygen atoms in total. The number of hydrogen-bond donors (Lipinski definition) is 0. The fraction of sp³-hybridized carbons (Fsp3) is 0.520. The van der Waals surface area contributed by atoms with E-state index in [9.17, 15) is 0 Å². The van der Waals surface area contributed by atoms with Crippen LogP contribution in [-0.4, -0.2) is 76.3 Å². The number of piperazine rings is 2. The molecule has 3 aliphatic heterocycles. The zero-order valence-corrected chi connectivity index (χ0v) is 21.9. The van der Waals surface area contributed by atoms with E-state index in [1.165, 1.54) is 32.0 Å². The first-order chi connectivity index (χ1) is 15.5. The Hall–Kier alpha value is -1.41. The fourth-order valence-electron chi connectivity index (χ4n) is 4.86. The van der Waals surface area contributed by atoms with E-state index in [0.717, 1.165) is 70.6 Å². The number of halogens is 1. The van der Waals surface area contributed by atoms with Crippen molar-refractivity contribution >= 4 is 40.8 Å². The summed E-state index contributed by atoms with van der Waals surface area (Å²) in [5.41, 5.74) is 5.29. The van der Waals surface area contributed by atoms with Crippen LogP contribution in [0.4, 0.5) is 17.1 Å². The lowest BCUT2D eigenvalue weighted by Gasteiger charge is -2.35. The number of fused-ring (bicyclic) bond motifs is 2. The third kappa shape index (κ3) is 4.37. The van der Waals surface area contributed by atoms with Crippen LogP contribution < -0.4 is 15.2 Å². The first kappa shape index (κ1) is 22.4. The van der Waals surface area contributed by atoms with Crippen molar-refractivity contribution in [3.05, 3.63) is 45.8 Å². The average molecular weight is 517 g/mol. The molecule has 5 rings (SSSR count). The maximum Gasteiger partial charge on any atom is 0.0810 e. The predicted molar refractivity (Wildman–Crippen MR) is 141 cm³/mol. The monoisotopic (exact) mass is 515 g/mol. The van der Waals surface area contributed by atoms with Gasteiger partial charge in [0, 0.05) is 73.1 Å². The van der Waals surface area contributed by atoms with Gasteiger partial charge in [-0.25, -0.2) is 4.99 Å². The first-order valence-corrected chi connectivity index (χ1v) is 14.9. The minimum atomic E-state index is -0.153. The van der Waals surface area contributed by atoms with Crippen LogP contribution in [0.25, 0.3) is 0 Å². The van der Waals surface area contributed by atoms with Gasteiger partial charge in [0.15, 0.2) is 0 Å². The Kier molecular flexibility index (Phi) is 6.61. The number of nitrogens with zero attached hydrogens (tertiary/aromatic N) is 5. The zero-order chi connectivity index (χ0) is 22.2. The predicted octanol–water partition coefficient (Wildman–Crippen LogP) is 4.30. The van der Waals surface area contributed by atoms with Crippen molar-refractivity contribution in [1.82, 2.24) is 9.80 Å². The van der Waals surface area contributed by atoms with Gasteiger partial charge in [-0.1, -0.05) is 22.3 Å². The summed E-state index contributed by atoms with van der Waals surface area (Å²) >= 11 is 4.12. The summed E-state index contributed by atoms with van der Waals surface area (Å²) < 4.78 is 1.33. The van der Waals surface area contributed by atoms with E-state index >= 15 is 0 Å². The largest absolute Gasteiger partial charge is 0.369 e. The van der Waals surface area contributed by atoms with Crippen LogP contribution in [-0.2, 0) is 6.42 Å². The van der Waals surface area contributed by atoms with Crippen LogP contribution >= 0.6 is 23.7 Å². The summed E-state index contributed by atoms with van der Waals surface area (Å²) in [6.45, 7) is 11.1. The Balaban J connectivity index is 1.57. The summed E-state index contributed by atoms with van der Waals surface area (Å²) in [5.74, 6) is 0. The molecule has 1 unspecified atom stereocenters. The molecule has 0 amide bonds. The highest BCUT2D eigenvalue weighted by atomic mass is 79.9. The van der Waals surface area contributed by atoms with Gasteiger partial charge in [0.25, 0.3) is 0 Å². The topological polar surface area (TPSA) is 25.3 Å². The highest BCUT2D eigenvalue weighted by molar-refractivity contribution is 9.52. The molecule has 32 heavy (non-hydrogen) atoms. The summed E-state index contributed by atoms with van der Waals surface area (Å²) in [5, 5.41) is 1.13. The summed E-state index contributed by atoms with van der Waals surface area (Å²) in [7, 11) is 4.28. The van der Waals surface area contributed by atoms with Crippen molar-refractivity contribution in [2.75, 3.05) is 76.3 Å². The standard InChI is InChI=1S/C25H34BrN5S/c1-4-5-19-16-21(31-14-10-29(3)11-15-31)18-24-25(19)27-22-7-6-20(17-23(22)32(24)26)30-12-8-28(2)9-13-30/h6-7,16-18H,4-5,8-15H2,1-3H3. The van der Waals surface area contributed by atoms with Crippen LogP contribution in [0.15, 0.2) is 40.2 Å². The van der Waals surface area contributed by atoms with E-state index in [2.05, 4.69) is 85.8 Å². The molecule has 3 aliphatic rings. The molecule has 2 aromatic carbocycles. The number of benzene rings is 2. The Morgan fingerprint density at radius 2 is 1.47 bits per heavy atom. The Bertz CT molecular complexity index is 1120. The zero-order valence-electron chi connectivity index (χ0n) is 19.5. The molecule has 0 N–H and O–H groups in total. The van der Waals surface area contributed by atoms with Crippen LogP contribution in [0.2, 0.25) is 0 Å². The van der Waals surface area contributed by atoms with Gasteiger partial charge in [-0.05, 0) is 71.2 Å². The molecule has 0 spiro atoms. The van der Waals surface area contributed by atoms with Crippen molar-refractivity contribution < 1.29 is 0 Å². The lowest BCUT2D eigenvalue weighted by molar-refractivity contribution is 0.313. The molecule has 2 fully saturated rings. The smallest absolute Gasteiger partial charge is 0.0810 e. The van der Waals surface area contributed by atoms with Gasteiger partial charge < -0.3 is 19.6 Å². The van der Waals surface area contributed by atoms with Crippen molar-refractivity contribution in [1.29, 1.82) is 0 Å². The molecule has 1 atom stereocenters. The van der Waals surface area contributed by atoms with Crippen LogP contribution in [0, 0.1) is 4.51 Å². The number of hydrogen-bond acceptors (Lipinski definition) is 5. The molecule has 2 saturated heterocycles. The molecule has 7 heteroatoms. The van der Waals surface area contributed by atoms with Crippen molar-refractivity contribution in [3.63, 3.8) is 0 Å². The summed E-state index contributed by atoms with van der Waals surface area (Å²) in [6.07, 6.45) is 2.21. The molecular weight excluding hydrogens is 482 g/mol. The lowest BCUT2D eigenvalue weighted by Crippen LogP contribution is -2.44. The Morgan fingerprint density at radius 1 is 0.844 bits per heavy atom. The van der Waals surface area contributed by atoms with Gasteiger partial charge in [-0.3, -0.25) is 0 Å². The number of anilines is 2. The second-order valence-corrected chi connectivity index (χ2v) is 12.6. The van der Waals surface area contributed by atoms with E-state index in [1.54, 1.807) is 0 Å². The Morgan fingerprint density at radius 3 is 2.09 bits per heavy atom. The van der Waals surface area contributed by atoms with Gasteiger partial charge >= 0.3 is 0 Å². The van der Waals surface area contributed by atoms with E-state index < -0.39 is 0 Å². The molecule has 0 bridgehead atoms. The third-order valence-electron chi connectivity index (χ3n) is 6.96. The van der Waals surface area contributed by atoms with Gasteiger partial charge in [0.1, 0.15) is 0 Å². The van der Waals surface area contributed by atoms with E-state index in [1.807, 2.05) is 0 Å². The van der Waals surface area contributed by atoms with Crippen molar-refractivity contribution in [3.8, 4) is 0 Å². The molecule has 0 radical (unpaired) electrons. The SMILES string of the molecule is CCCc1cc(N2CCN(C)CC2)cc2c1N=c1ccc(N3CCN(C)CC3)cc1=S2Br. The van der Waals surface area contributed by atoms with Gasteiger partial charge in [0.2, 0.25) is 0 Å². The molecule has 2 aromatic rings. The van der Waals surface area contributed by atoms with E-state index in [4.69, 9.17) is 4.99 Å². The molecule has 0 aromatic heterocycles. The second kappa shape index (κ2) is 9.45. The summed E-state index contributed by atoms with van der Waals surface area (Å²) in [4.78, 5) is 16.5. The molecule has 0 saturated carbocycles. The minimum absolute atomic E-state index is 0.153. The van der Waals surface area contributed by atoms with Gasteiger partial charge in [-0.2, -0.15) is 0 Å². The van der Waals surface area contributed by atoms with E-state index in [-0.39, 0.29) is 8.92 Å². The second-order valence-electron chi connectivity index (χ2n) is 9.30. The quantitative estimate of drug-likeness (QED) is 0.567.